The molecular formula is C13H20N2O3. The highest BCUT2D eigenvalue weighted by atomic mass is 16.4. The molecule has 0 aromatic heterocycles. The fraction of sp³-hybridized carbons (Fsp3) is 0.769. The van der Waals surface area contributed by atoms with Crippen LogP contribution in [0.25, 0.3) is 0 Å². The van der Waals surface area contributed by atoms with E-state index in [-0.39, 0.29) is 24.2 Å². The Balaban J connectivity index is 2.57. The van der Waals surface area contributed by atoms with Crippen molar-refractivity contribution in [3.05, 3.63) is 0 Å². The SMILES string of the molecule is C[C@H](CC#N)[C@@H](NC(=O)C1CCCCC1)C(=O)O. The van der Waals surface area contributed by atoms with Gasteiger partial charge in [-0.3, -0.25) is 4.79 Å². The molecule has 1 saturated carbocycles. The van der Waals surface area contributed by atoms with Crippen molar-refractivity contribution in [2.24, 2.45) is 11.8 Å². The summed E-state index contributed by atoms with van der Waals surface area (Å²) < 4.78 is 0. The van der Waals surface area contributed by atoms with Crippen LogP contribution in [0.2, 0.25) is 0 Å². The van der Waals surface area contributed by atoms with Gasteiger partial charge < -0.3 is 10.4 Å². The zero-order valence-electron chi connectivity index (χ0n) is 10.7. The first-order valence-electron chi connectivity index (χ1n) is 6.46. The molecule has 18 heavy (non-hydrogen) atoms. The highest BCUT2D eigenvalue weighted by Gasteiger charge is 2.29. The van der Waals surface area contributed by atoms with Gasteiger partial charge in [0.15, 0.2) is 0 Å². The van der Waals surface area contributed by atoms with Gasteiger partial charge >= 0.3 is 5.97 Å². The molecule has 0 bridgehead atoms. The normalized spacial score (nSPS) is 19.6. The zero-order valence-corrected chi connectivity index (χ0v) is 10.7. The number of carboxylic acids is 1. The van der Waals surface area contributed by atoms with Crippen LogP contribution < -0.4 is 5.32 Å². The fourth-order valence-electron chi connectivity index (χ4n) is 2.35. The van der Waals surface area contributed by atoms with Gasteiger partial charge in [0.1, 0.15) is 6.04 Å². The molecule has 2 N–H and O–H groups in total. The third kappa shape index (κ3) is 4.02. The molecule has 1 rings (SSSR count). The van der Waals surface area contributed by atoms with E-state index < -0.39 is 12.0 Å². The number of hydrogen-bond acceptors (Lipinski definition) is 3. The number of carboxylic acid groups (broad SMARTS) is 1. The van der Waals surface area contributed by atoms with Crippen molar-refractivity contribution in [3.8, 4) is 6.07 Å². The summed E-state index contributed by atoms with van der Waals surface area (Å²) in [6.07, 6.45) is 5.02. The minimum atomic E-state index is -1.07. The third-order valence-corrected chi connectivity index (χ3v) is 3.52. The highest BCUT2D eigenvalue weighted by Crippen LogP contribution is 2.24. The largest absolute Gasteiger partial charge is 0.480 e. The Hall–Kier alpha value is -1.57. The number of aliphatic carboxylic acids is 1. The summed E-state index contributed by atoms with van der Waals surface area (Å²) in [5.74, 6) is -1.68. The van der Waals surface area contributed by atoms with Crippen LogP contribution in [0.5, 0.6) is 0 Å². The average molecular weight is 252 g/mol. The number of nitrogens with zero attached hydrogens (tertiary/aromatic N) is 1. The molecule has 0 heterocycles. The van der Waals surface area contributed by atoms with Gasteiger partial charge in [0.25, 0.3) is 0 Å². The molecule has 0 aliphatic heterocycles. The lowest BCUT2D eigenvalue weighted by Crippen LogP contribution is -2.47. The first-order chi connectivity index (χ1) is 8.56. The van der Waals surface area contributed by atoms with E-state index in [0.717, 1.165) is 32.1 Å². The summed E-state index contributed by atoms with van der Waals surface area (Å²) in [6, 6.07) is 0.982. The molecule has 0 radical (unpaired) electrons. The maximum atomic E-state index is 12.0. The van der Waals surface area contributed by atoms with Crippen molar-refractivity contribution < 1.29 is 14.7 Å². The van der Waals surface area contributed by atoms with Crippen LogP contribution in [0, 0.1) is 23.2 Å². The van der Waals surface area contributed by atoms with E-state index in [1.165, 1.54) is 0 Å². The summed E-state index contributed by atoms with van der Waals surface area (Å²) >= 11 is 0. The van der Waals surface area contributed by atoms with E-state index in [0.29, 0.717) is 0 Å². The predicted octanol–water partition coefficient (Wildman–Crippen LogP) is 1.69. The number of hydrogen-bond donors (Lipinski definition) is 2. The molecule has 0 aromatic carbocycles. The summed E-state index contributed by atoms with van der Waals surface area (Å²) in [5, 5.41) is 20.3. The number of nitriles is 1. The number of amides is 1. The minimum absolute atomic E-state index is 0.0603. The quantitative estimate of drug-likeness (QED) is 0.779. The third-order valence-electron chi connectivity index (χ3n) is 3.52. The van der Waals surface area contributed by atoms with Gasteiger partial charge in [-0.05, 0) is 12.8 Å². The Bertz CT molecular complexity index is 343. The van der Waals surface area contributed by atoms with Crippen molar-refractivity contribution in [2.75, 3.05) is 0 Å². The molecular weight excluding hydrogens is 232 g/mol. The van der Waals surface area contributed by atoms with Crippen molar-refractivity contribution in [3.63, 3.8) is 0 Å². The zero-order chi connectivity index (χ0) is 13.5. The van der Waals surface area contributed by atoms with Crippen LogP contribution in [-0.4, -0.2) is 23.0 Å². The lowest BCUT2D eigenvalue weighted by Gasteiger charge is -2.25. The molecule has 1 aliphatic carbocycles. The summed E-state index contributed by atoms with van der Waals surface area (Å²) in [7, 11) is 0. The van der Waals surface area contributed by atoms with E-state index in [1.54, 1.807) is 6.92 Å². The lowest BCUT2D eigenvalue weighted by molar-refractivity contribution is -0.144. The van der Waals surface area contributed by atoms with Gasteiger partial charge in [0, 0.05) is 18.3 Å². The van der Waals surface area contributed by atoms with Crippen molar-refractivity contribution in [1.82, 2.24) is 5.32 Å². The van der Waals surface area contributed by atoms with Crippen LogP contribution in [0.1, 0.15) is 45.4 Å². The fourth-order valence-corrected chi connectivity index (χ4v) is 2.35. The Labute approximate surface area is 107 Å². The van der Waals surface area contributed by atoms with Crippen LogP contribution in [0.4, 0.5) is 0 Å². The topological polar surface area (TPSA) is 90.2 Å². The van der Waals surface area contributed by atoms with Crippen LogP contribution >= 0.6 is 0 Å². The monoisotopic (exact) mass is 252 g/mol. The molecule has 0 aromatic rings. The maximum absolute atomic E-state index is 12.0. The molecule has 5 nitrogen and oxygen atoms in total. The van der Waals surface area contributed by atoms with E-state index in [4.69, 9.17) is 10.4 Å². The van der Waals surface area contributed by atoms with Crippen LogP contribution in [0.15, 0.2) is 0 Å². The number of rotatable bonds is 5. The number of nitrogens with one attached hydrogen (secondary N) is 1. The standard InChI is InChI=1S/C13H20N2O3/c1-9(7-8-14)11(13(17)18)15-12(16)10-5-3-2-4-6-10/h9-11H,2-7H2,1H3,(H,15,16)(H,17,18)/t9-,11-/m1/s1. The molecule has 1 amide bonds. The summed E-state index contributed by atoms with van der Waals surface area (Å²) in [4.78, 5) is 23.1. The Morgan fingerprint density at radius 2 is 2.00 bits per heavy atom. The van der Waals surface area contributed by atoms with Gasteiger partial charge in [-0.25, -0.2) is 4.79 Å². The molecule has 1 fully saturated rings. The van der Waals surface area contributed by atoms with Gasteiger partial charge in [-0.15, -0.1) is 0 Å². The summed E-state index contributed by atoms with van der Waals surface area (Å²) in [6.45, 7) is 1.67. The van der Waals surface area contributed by atoms with Crippen LogP contribution in [0.3, 0.4) is 0 Å². The Morgan fingerprint density at radius 1 is 1.39 bits per heavy atom. The number of carbonyl (C=O) groups excluding carboxylic acids is 1. The first-order valence-corrected chi connectivity index (χ1v) is 6.46. The first kappa shape index (κ1) is 14.5. The van der Waals surface area contributed by atoms with Gasteiger partial charge in [0.05, 0.1) is 6.07 Å². The molecule has 0 saturated heterocycles. The van der Waals surface area contributed by atoms with Crippen molar-refractivity contribution >= 4 is 11.9 Å². The molecule has 2 atom stereocenters. The van der Waals surface area contributed by atoms with E-state index in [2.05, 4.69) is 5.32 Å². The minimum Gasteiger partial charge on any atom is -0.480 e. The van der Waals surface area contributed by atoms with Crippen molar-refractivity contribution in [1.29, 1.82) is 5.26 Å². The van der Waals surface area contributed by atoms with Crippen molar-refractivity contribution in [2.45, 2.75) is 51.5 Å². The molecule has 0 spiro atoms. The van der Waals surface area contributed by atoms with Gasteiger partial charge in [-0.2, -0.15) is 5.26 Å². The molecule has 1 aliphatic rings. The summed E-state index contributed by atoms with van der Waals surface area (Å²) in [5.41, 5.74) is 0. The Kier molecular flexibility index (Phi) is 5.63. The van der Waals surface area contributed by atoms with E-state index in [9.17, 15) is 9.59 Å². The lowest BCUT2D eigenvalue weighted by atomic mass is 9.88. The van der Waals surface area contributed by atoms with E-state index in [1.807, 2.05) is 6.07 Å². The molecule has 100 valence electrons. The Morgan fingerprint density at radius 3 is 2.50 bits per heavy atom. The second-order valence-corrected chi connectivity index (χ2v) is 5.00. The van der Waals surface area contributed by atoms with Gasteiger partial charge in [0.2, 0.25) is 5.91 Å². The molecule has 0 unspecified atom stereocenters. The second kappa shape index (κ2) is 7.00. The van der Waals surface area contributed by atoms with Gasteiger partial charge in [-0.1, -0.05) is 26.2 Å². The smallest absolute Gasteiger partial charge is 0.326 e. The van der Waals surface area contributed by atoms with E-state index >= 15 is 0 Å². The highest BCUT2D eigenvalue weighted by molar-refractivity contribution is 5.85. The second-order valence-electron chi connectivity index (χ2n) is 5.00. The average Bonchev–Trinajstić information content (AvgIpc) is 2.36. The van der Waals surface area contributed by atoms with Crippen LogP contribution in [-0.2, 0) is 9.59 Å². The molecule has 5 heteroatoms. The maximum Gasteiger partial charge on any atom is 0.326 e. The number of carbonyl (C=O) groups is 2. The predicted molar refractivity (Wildman–Crippen MR) is 65.5 cm³/mol.